The molecule has 0 aliphatic heterocycles. The van der Waals surface area contributed by atoms with Gasteiger partial charge in [0.05, 0.1) is 10.2 Å². The van der Waals surface area contributed by atoms with Crippen LogP contribution >= 0.6 is 27.3 Å². The molecule has 3 aromatic carbocycles. The van der Waals surface area contributed by atoms with Crippen molar-refractivity contribution in [1.82, 2.24) is 14.4 Å². The van der Waals surface area contributed by atoms with Gasteiger partial charge in [-0.3, -0.25) is 4.40 Å². The van der Waals surface area contributed by atoms with Crippen molar-refractivity contribution in [3.63, 3.8) is 0 Å². The van der Waals surface area contributed by atoms with Crippen LogP contribution in [0.15, 0.2) is 83.5 Å². The highest BCUT2D eigenvalue weighted by molar-refractivity contribution is 9.10. The number of rotatable bonds is 3. The molecule has 29 heavy (non-hydrogen) atoms. The van der Waals surface area contributed by atoms with E-state index >= 15 is 0 Å². The predicted molar refractivity (Wildman–Crippen MR) is 125 cm³/mol. The summed E-state index contributed by atoms with van der Waals surface area (Å²) in [4.78, 5) is 9.40. The van der Waals surface area contributed by atoms with Crippen molar-refractivity contribution in [2.24, 2.45) is 0 Å². The first kappa shape index (κ1) is 16.8. The third-order valence-corrected chi connectivity index (χ3v) is 6.59. The number of nitrogens with zero attached hydrogens (tertiary/aromatic N) is 2. The molecular formula is C23H15BrN4S. The van der Waals surface area contributed by atoms with Crippen molar-refractivity contribution in [2.75, 3.05) is 5.32 Å². The highest BCUT2D eigenvalue weighted by Gasteiger charge is 2.20. The van der Waals surface area contributed by atoms with Gasteiger partial charge >= 0.3 is 0 Å². The predicted octanol–water partition coefficient (Wildman–Crippen LogP) is 7.20. The number of hydrogen-bond donors (Lipinski definition) is 2. The van der Waals surface area contributed by atoms with Crippen LogP contribution in [0.2, 0.25) is 0 Å². The summed E-state index contributed by atoms with van der Waals surface area (Å²) in [6.45, 7) is 0. The molecule has 4 nitrogen and oxygen atoms in total. The zero-order valence-electron chi connectivity index (χ0n) is 15.2. The minimum Gasteiger partial charge on any atom is -0.360 e. The number of aromatic amines is 1. The largest absolute Gasteiger partial charge is 0.360 e. The van der Waals surface area contributed by atoms with Gasteiger partial charge in [-0.2, -0.15) is 0 Å². The lowest BCUT2D eigenvalue weighted by molar-refractivity contribution is 1.28. The number of para-hydroxylation sites is 2. The molecule has 0 radical (unpaired) electrons. The van der Waals surface area contributed by atoms with E-state index in [1.54, 1.807) is 11.3 Å². The zero-order valence-corrected chi connectivity index (χ0v) is 17.6. The first-order valence-corrected chi connectivity index (χ1v) is 10.9. The van der Waals surface area contributed by atoms with Gasteiger partial charge in [-0.05, 0) is 36.4 Å². The van der Waals surface area contributed by atoms with E-state index in [-0.39, 0.29) is 0 Å². The number of halogens is 1. The van der Waals surface area contributed by atoms with E-state index in [4.69, 9.17) is 4.98 Å². The van der Waals surface area contributed by atoms with Crippen LogP contribution in [0.3, 0.4) is 0 Å². The van der Waals surface area contributed by atoms with E-state index in [2.05, 4.69) is 79.2 Å². The van der Waals surface area contributed by atoms with Gasteiger partial charge < -0.3 is 10.3 Å². The fraction of sp³-hybridized carbons (Fsp3) is 0. The van der Waals surface area contributed by atoms with Crippen LogP contribution in [0.5, 0.6) is 0 Å². The Balaban J connectivity index is 1.66. The smallest absolute Gasteiger partial charge is 0.197 e. The normalized spacial score (nSPS) is 11.6. The third kappa shape index (κ3) is 2.68. The molecule has 2 N–H and O–H groups in total. The SMILES string of the molecule is Brc1ccc2c(c1)sc1nc(-c3c[nH]c4ccccc34)c(Nc3ccccc3)n12. The molecule has 3 heterocycles. The number of H-pyrrole nitrogens is 1. The van der Waals surface area contributed by atoms with Crippen molar-refractivity contribution in [3.05, 3.63) is 83.5 Å². The Morgan fingerprint density at radius 1 is 0.966 bits per heavy atom. The van der Waals surface area contributed by atoms with Gasteiger partial charge in [-0.25, -0.2) is 4.98 Å². The number of aromatic nitrogens is 3. The molecule has 6 heteroatoms. The number of thiazole rings is 1. The van der Waals surface area contributed by atoms with Crippen LogP contribution in [-0.4, -0.2) is 14.4 Å². The van der Waals surface area contributed by atoms with Crippen molar-refractivity contribution in [1.29, 1.82) is 0 Å². The first-order chi connectivity index (χ1) is 14.3. The van der Waals surface area contributed by atoms with Crippen LogP contribution in [0.4, 0.5) is 11.5 Å². The summed E-state index contributed by atoms with van der Waals surface area (Å²) in [7, 11) is 0. The molecule has 140 valence electrons. The van der Waals surface area contributed by atoms with E-state index in [1.807, 2.05) is 30.5 Å². The van der Waals surface area contributed by atoms with Crippen LogP contribution in [0, 0.1) is 0 Å². The van der Waals surface area contributed by atoms with Crippen molar-refractivity contribution in [3.8, 4) is 11.3 Å². The van der Waals surface area contributed by atoms with Crippen molar-refractivity contribution in [2.45, 2.75) is 0 Å². The molecule has 0 spiro atoms. The number of anilines is 2. The van der Waals surface area contributed by atoms with Gasteiger partial charge in [0.1, 0.15) is 11.5 Å². The number of imidazole rings is 1. The summed E-state index contributed by atoms with van der Waals surface area (Å²) in [5, 5.41) is 4.79. The van der Waals surface area contributed by atoms with E-state index in [0.717, 1.165) is 43.2 Å². The molecule has 0 bridgehead atoms. The second-order valence-electron chi connectivity index (χ2n) is 6.88. The quantitative estimate of drug-likeness (QED) is 0.294. The highest BCUT2D eigenvalue weighted by atomic mass is 79.9. The van der Waals surface area contributed by atoms with Gasteiger partial charge in [0, 0.05) is 32.8 Å². The Morgan fingerprint density at radius 3 is 2.69 bits per heavy atom. The van der Waals surface area contributed by atoms with E-state index < -0.39 is 0 Å². The second-order valence-corrected chi connectivity index (χ2v) is 8.80. The minimum absolute atomic E-state index is 0.947. The standard InChI is InChI=1S/C23H15BrN4S/c24-14-10-11-19-20(12-14)29-23-27-21(17-13-25-18-9-5-4-8-16(17)18)22(28(19)23)26-15-6-2-1-3-7-15/h1-13,25-26H. The Kier molecular flexibility index (Phi) is 3.76. The number of fused-ring (bicyclic) bond motifs is 4. The molecule has 6 rings (SSSR count). The lowest BCUT2D eigenvalue weighted by Crippen LogP contribution is -1.96. The molecule has 0 saturated carbocycles. The summed E-state index contributed by atoms with van der Waals surface area (Å²) < 4.78 is 4.49. The molecular weight excluding hydrogens is 444 g/mol. The van der Waals surface area contributed by atoms with Crippen LogP contribution in [0.25, 0.3) is 37.3 Å². The molecule has 0 unspecified atom stereocenters. The number of hydrogen-bond acceptors (Lipinski definition) is 3. The van der Waals surface area contributed by atoms with Crippen LogP contribution in [0.1, 0.15) is 0 Å². The summed E-state index contributed by atoms with van der Waals surface area (Å²) >= 11 is 5.28. The Hall–Kier alpha value is -3.09. The van der Waals surface area contributed by atoms with Crippen molar-refractivity contribution >= 4 is 64.9 Å². The van der Waals surface area contributed by atoms with E-state index in [9.17, 15) is 0 Å². The summed E-state index contributed by atoms with van der Waals surface area (Å²) in [6, 6.07) is 24.9. The van der Waals surface area contributed by atoms with Gasteiger partial charge in [0.25, 0.3) is 0 Å². The molecule has 0 fully saturated rings. The zero-order chi connectivity index (χ0) is 19.4. The maximum absolute atomic E-state index is 5.05. The topological polar surface area (TPSA) is 45.1 Å². The molecule has 6 aromatic rings. The van der Waals surface area contributed by atoms with Crippen molar-refractivity contribution < 1.29 is 0 Å². The van der Waals surface area contributed by atoms with Crippen LogP contribution in [-0.2, 0) is 0 Å². The third-order valence-electron chi connectivity index (χ3n) is 5.09. The monoisotopic (exact) mass is 458 g/mol. The van der Waals surface area contributed by atoms with Gasteiger partial charge in [-0.1, -0.05) is 63.7 Å². The van der Waals surface area contributed by atoms with E-state index in [0.29, 0.717) is 0 Å². The van der Waals surface area contributed by atoms with E-state index in [1.165, 1.54) is 10.1 Å². The maximum Gasteiger partial charge on any atom is 0.197 e. The van der Waals surface area contributed by atoms with Gasteiger partial charge in [0.15, 0.2) is 4.96 Å². The van der Waals surface area contributed by atoms with Crippen LogP contribution < -0.4 is 5.32 Å². The molecule has 0 aliphatic rings. The number of benzene rings is 3. The average Bonchev–Trinajstić information content (AvgIpc) is 3.40. The fourth-order valence-corrected chi connectivity index (χ4v) is 5.35. The first-order valence-electron chi connectivity index (χ1n) is 9.27. The molecule has 0 aliphatic carbocycles. The van der Waals surface area contributed by atoms with Gasteiger partial charge in [-0.15, -0.1) is 0 Å². The molecule has 0 saturated heterocycles. The lowest BCUT2D eigenvalue weighted by Gasteiger charge is -2.08. The average molecular weight is 459 g/mol. The molecule has 0 atom stereocenters. The number of nitrogens with one attached hydrogen (secondary N) is 2. The molecule has 3 aromatic heterocycles. The second kappa shape index (κ2) is 6.47. The molecule has 0 amide bonds. The van der Waals surface area contributed by atoms with Gasteiger partial charge in [0.2, 0.25) is 0 Å². The summed E-state index contributed by atoms with van der Waals surface area (Å²) in [5.41, 5.74) is 5.33. The maximum atomic E-state index is 5.05. The highest BCUT2D eigenvalue weighted by Crippen LogP contribution is 2.40. The Labute approximate surface area is 179 Å². The Bertz CT molecular complexity index is 1490. The fourth-order valence-electron chi connectivity index (χ4n) is 3.77. The Morgan fingerprint density at radius 2 is 1.79 bits per heavy atom. The summed E-state index contributed by atoms with van der Waals surface area (Å²) in [6.07, 6.45) is 2.05. The summed E-state index contributed by atoms with van der Waals surface area (Å²) in [5.74, 6) is 0.976. The minimum atomic E-state index is 0.947. The lowest BCUT2D eigenvalue weighted by atomic mass is 10.1.